The molecule has 88 valence electrons. The molecule has 0 amide bonds. The van der Waals surface area contributed by atoms with E-state index in [9.17, 15) is 0 Å². The molecule has 0 aromatic carbocycles. The number of rotatable bonds is 6. The van der Waals surface area contributed by atoms with Gasteiger partial charge >= 0.3 is 0 Å². The minimum atomic E-state index is 0.884. The summed E-state index contributed by atoms with van der Waals surface area (Å²) in [5.41, 5.74) is 0. The summed E-state index contributed by atoms with van der Waals surface area (Å²) in [7, 11) is 0. The predicted octanol–water partition coefficient (Wildman–Crippen LogP) is 3.76. The molecule has 0 unspecified atom stereocenters. The fourth-order valence-corrected chi connectivity index (χ4v) is 2.44. The van der Waals surface area contributed by atoms with Gasteiger partial charge in [-0.15, -0.1) is 0 Å². The highest BCUT2D eigenvalue weighted by Gasteiger charge is 2.17. The Bertz CT molecular complexity index is 166. The van der Waals surface area contributed by atoms with Crippen LogP contribution in [0, 0.1) is 11.8 Å². The maximum absolute atomic E-state index is 3.35. The Morgan fingerprint density at radius 1 is 1.13 bits per heavy atom. The van der Waals surface area contributed by atoms with Crippen LogP contribution in [0.3, 0.4) is 0 Å². The predicted molar refractivity (Wildman–Crippen MR) is 68.0 cm³/mol. The third-order valence-electron chi connectivity index (χ3n) is 3.61. The van der Waals surface area contributed by atoms with Gasteiger partial charge in [0.1, 0.15) is 0 Å². The van der Waals surface area contributed by atoms with Crippen LogP contribution in [-0.2, 0) is 0 Å². The molecule has 1 saturated carbocycles. The van der Waals surface area contributed by atoms with Gasteiger partial charge in [0.2, 0.25) is 0 Å². The van der Waals surface area contributed by atoms with Crippen molar-refractivity contribution in [1.29, 1.82) is 0 Å². The zero-order chi connectivity index (χ0) is 10.9. The van der Waals surface area contributed by atoms with Crippen molar-refractivity contribution in [2.75, 3.05) is 13.1 Å². The minimum absolute atomic E-state index is 0.884. The molecule has 0 aromatic heterocycles. The van der Waals surface area contributed by atoms with Crippen LogP contribution in [0.1, 0.15) is 52.4 Å². The quantitative estimate of drug-likeness (QED) is 0.519. The molecule has 1 fully saturated rings. The van der Waals surface area contributed by atoms with Gasteiger partial charge in [0, 0.05) is 0 Å². The average Bonchev–Trinajstić information content (AvgIpc) is 2.30. The van der Waals surface area contributed by atoms with E-state index in [1.807, 2.05) is 0 Å². The van der Waals surface area contributed by atoms with E-state index in [1.54, 1.807) is 0 Å². The lowest BCUT2D eigenvalue weighted by Crippen LogP contribution is -2.14. The summed E-state index contributed by atoms with van der Waals surface area (Å²) in [4.78, 5) is 0. The lowest BCUT2D eigenvalue weighted by atomic mass is 9.81. The summed E-state index contributed by atoms with van der Waals surface area (Å²) < 4.78 is 0. The van der Waals surface area contributed by atoms with Crippen molar-refractivity contribution in [1.82, 2.24) is 5.32 Å². The van der Waals surface area contributed by atoms with E-state index in [4.69, 9.17) is 0 Å². The zero-order valence-electron chi connectivity index (χ0n) is 10.5. The SMILES string of the molecule is CCNCCC=CC1CCC(CC)CC1. The highest BCUT2D eigenvalue weighted by Crippen LogP contribution is 2.31. The molecule has 0 spiro atoms. The first-order valence-corrected chi connectivity index (χ1v) is 6.74. The largest absolute Gasteiger partial charge is 0.317 e. The summed E-state index contributed by atoms with van der Waals surface area (Å²) >= 11 is 0. The first-order valence-electron chi connectivity index (χ1n) is 6.74. The van der Waals surface area contributed by atoms with Crippen LogP contribution < -0.4 is 5.32 Å². The third-order valence-corrected chi connectivity index (χ3v) is 3.61. The maximum atomic E-state index is 3.35. The smallest absolute Gasteiger partial charge is 0.00144 e. The van der Waals surface area contributed by atoms with Gasteiger partial charge < -0.3 is 5.32 Å². The summed E-state index contributed by atoms with van der Waals surface area (Å²) in [6.07, 6.45) is 13.2. The summed E-state index contributed by atoms with van der Waals surface area (Å²) in [6, 6.07) is 0. The standard InChI is InChI=1S/C14H27N/c1-3-13-8-10-14(11-9-13)7-5-6-12-15-4-2/h5,7,13-15H,3-4,6,8-12H2,1-2H3. The molecule has 0 aromatic rings. The second kappa shape index (κ2) is 7.92. The molecule has 0 bridgehead atoms. The van der Waals surface area contributed by atoms with E-state index in [0.29, 0.717) is 0 Å². The van der Waals surface area contributed by atoms with Gasteiger partial charge in [-0.25, -0.2) is 0 Å². The fraction of sp³-hybridized carbons (Fsp3) is 0.857. The van der Waals surface area contributed by atoms with Gasteiger partial charge in [-0.2, -0.15) is 0 Å². The van der Waals surface area contributed by atoms with Gasteiger partial charge in [-0.1, -0.05) is 32.4 Å². The van der Waals surface area contributed by atoms with E-state index in [2.05, 4.69) is 31.3 Å². The minimum Gasteiger partial charge on any atom is -0.317 e. The second-order valence-electron chi connectivity index (χ2n) is 4.76. The van der Waals surface area contributed by atoms with Gasteiger partial charge in [0.05, 0.1) is 0 Å². The molecular formula is C14H27N. The molecule has 1 aliphatic carbocycles. The van der Waals surface area contributed by atoms with Crippen molar-refractivity contribution < 1.29 is 0 Å². The Balaban J connectivity index is 2.07. The molecule has 1 nitrogen and oxygen atoms in total. The number of hydrogen-bond acceptors (Lipinski definition) is 1. The monoisotopic (exact) mass is 209 g/mol. The Morgan fingerprint density at radius 3 is 2.47 bits per heavy atom. The van der Waals surface area contributed by atoms with Crippen molar-refractivity contribution in [3.05, 3.63) is 12.2 Å². The summed E-state index contributed by atoms with van der Waals surface area (Å²) in [5, 5.41) is 3.35. The fourth-order valence-electron chi connectivity index (χ4n) is 2.44. The Morgan fingerprint density at radius 2 is 1.87 bits per heavy atom. The van der Waals surface area contributed by atoms with Crippen LogP contribution in [0.5, 0.6) is 0 Å². The normalized spacial score (nSPS) is 27.3. The van der Waals surface area contributed by atoms with Gasteiger partial charge in [-0.3, -0.25) is 0 Å². The summed E-state index contributed by atoms with van der Waals surface area (Å²) in [5.74, 6) is 1.91. The van der Waals surface area contributed by atoms with Crippen LogP contribution in [0.4, 0.5) is 0 Å². The highest BCUT2D eigenvalue weighted by molar-refractivity contribution is 4.91. The molecule has 1 rings (SSSR count). The van der Waals surface area contributed by atoms with Crippen LogP contribution in [0.15, 0.2) is 12.2 Å². The first kappa shape index (κ1) is 12.8. The average molecular weight is 209 g/mol. The number of allylic oxidation sites excluding steroid dienone is 1. The molecule has 0 aliphatic heterocycles. The molecule has 1 heteroatoms. The van der Waals surface area contributed by atoms with Crippen LogP contribution in [-0.4, -0.2) is 13.1 Å². The Hall–Kier alpha value is -0.300. The lowest BCUT2D eigenvalue weighted by molar-refractivity contribution is 0.303. The van der Waals surface area contributed by atoms with E-state index in [1.165, 1.54) is 38.5 Å². The van der Waals surface area contributed by atoms with E-state index >= 15 is 0 Å². The van der Waals surface area contributed by atoms with Crippen molar-refractivity contribution >= 4 is 0 Å². The molecular weight excluding hydrogens is 182 g/mol. The highest BCUT2D eigenvalue weighted by atomic mass is 14.8. The van der Waals surface area contributed by atoms with Crippen LogP contribution in [0.25, 0.3) is 0 Å². The summed E-state index contributed by atoms with van der Waals surface area (Å²) in [6.45, 7) is 6.72. The maximum Gasteiger partial charge on any atom is -0.00144 e. The first-order chi connectivity index (χ1) is 7.36. The van der Waals surface area contributed by atoms with Crippen LogP contribution in [0.2, 0.25) is 0 Å². The Kier molecular flexibility index (Phi) is 6.74. The van der Waals surface area contributed by atoms with Crippen molar-refractivity contribution in [2.45, 2.75) is 52.4 Å². The molecule has 1 aliphatic rings. The third kappa shape index (κ3) is 5.36. The van der Waals surface area contributed by atoms with Gasteiger partial charge in [0.25, 0.3) is 0 Å². The number of hydrogen-bond donors (Lipinski definition) is 1. The molecule has 0 saturated heterocycles. The van der Waals surface area contributed by atoms with Crippen LogP contribution >= 0.6 is 0 Å². The van der Waals surface area contributed by atoms with Gasteiger partial charge in [0.15, 0.2) is 0 Å². The van der Waals surface area contributed by atoms with E-state index in [0.717, 1.165) is 24.9 Å². The topological polar surface area (TPSA) is 12.0 Å². The van der Waals surface area contributed by atoms with E-state index in [-0.39, 0.29) is 0 Å². The van der Waals surface area contributed by atoms with Crippen molar-refractivity contribution in [3.8, 4) is 0 Å². The lowest BCUT2D eigenvalue weighted by Gasteiger charge is -2.25. The molecule has 0 atom stereocenters. The molecule has 15 heavy (non-hydrogen) atoms. The number of nitrogens with one attached hydrogen (secondary N) is 1. The molecule has 1 N–H and O–H groups in total. The Labute approximate surface area is 95.3 Å². The van der Waals surface area contributed by atoms with E-state index < -0.39 is 0 Å². The van der Waals surface area contributed by atoms with Crippen molar-refractivity contribution in [3.63, 3.8) is 0 Å². The second-order valence-corrected chi connectivity index (χ2v) is 4.76. The zero-order valence-corrected chi connectivity index (χ0v) is 10.5. The van der Waals surface area contributed by atoms with Gasteiger partial charge in [-0.05, 0) is 57.0 Å². The van der Waals surface area contributed by atoms with Crippen molar-refractivity contribution in [2.24, 2.45) is 11.8 Å². The molecule has 0 radical (unpaired) electrons. The molecule has 0 heterocycles.